The van der Waals surface area contributed by atoms with Gasteiger partial charge in [0.15, 0.2) is 0 Å². The molecule has 4 nitrogen and oxygen atoms in total. The van der Waals surface area contributed by atoms with E-state index in [1.165, 1.54) is 0 Å². The molecule has 6 heteroatoms. The van der Waals surface area contributed by atoms with Crippen LogP contribution in [0.15, 0.2) is 24.4 Å². The molecule has 0 aliphatic rings. The van der Waals surface area contributed by atoms with Crippen LogP contribution < -0.4 is 5.32 Å². The molecule has 3 N–H and O–H groups in total. The molecule has 2 unspecified atom stereocenters. The van der Waals surface area contributed by atoms with E-state index in [1.54, 1.807) is 24.4 Å². The average molecular weight is 314 g/mol. The molecule has 2 aromatic rings. The van der Waals surface area contributed by atoms with E-state index in [2.05, 4.69) is 15.5 Å². The van der Waals surface area contributed by atoms with Gasteiger partial charge >= 0.3 is 0 Å². The Morgan fingerprint density at radius 3 is 2.55 bits per heavy atom. The third-order valence-corrected chi connectivity index (χ3v) is 3.94. The SMILES string of the molecule is Cc1[nH]ncc1C(C)NCC(O)c1c(Cl)cccc1Cl. The van der Waals surface area contributed by atoms with E-state index in [9.17, 15) is 5.11 Å². The lowest BCUT2D eigenvalue weighted by molar-refractivity contribution is 0.171. The molecule has 0 aliphatic heterocycles. The minimum atomic E-state index is -0.758. The number of nitrogens with zero attached hydrogens (tertiary/aromatic N) is 1. The van der Waals surface area contributed by atoms with Crippen molar-refractivity contribution in [2.75, 3.05) is 6.54 Å². The number of halogens is 2. The molecule has 108 valence electrons. The monoisotopic (exact) mass is 313 g/mol. The Hall–Kier alpha value is -1.07. The van der Waals surface area contributed by atoms with Crippen molar-refractivity contribution in [3.8, 4) is 0 Å². The molecule has 0 spiro atoms. The number of rotatable bonds is 5. The molecule has 1 aromatic heterocycles. The maximum Gasteiger partial charge on any atom is 0.0943 e. The standard InChI is InChI=1S/C14H17Cl2N3O/c1-8(10-6-18-19-9(10)2)17-7-13(20)14-11(15)4-3-5-12(14)16/h3-6,8,13,17,20H,7H2,1-2H3,(H,18,19). The van der Waals surface area contributed by atoms with E-state index >= 15 is 0 Å². The van der Waals surface area contributed by atoms with Crippen molar-refractivity contribution in [2.24, 2.45) is 0 Å². The summed E-state index contributed by atoms with van der Waals surface area (Å²) < 4.78 is 0. The van der Waals surface area contributed by atoms with Gasteiger partial charge < -0.3 is 10.4 Å². The first kappa shape index (κ1) is 15.3. The molecule has 0 bridgehead atoms. The summed E-state index contributed by atoms with van der Waals surface area (Å²) in [6.07, 6.45) is 1.02. The molecular weight excluding hydrogens is 297 g/mol. The predicted molar refractivity (Wildman–Crippen MR) is 81.2 cm³/mol. The second kappa shape index (κ2) is 6.59. The van der Waals surface area contributed by atoms with Gasteiger partial charge in [-0.1, -0.05) is 29.3 Å². The maximum atomic E-state index is 10.2. The van der Waals surface area contributed by atoms with Crippen molar-refractivity contribution in [2.45, 2.75) is 26.0 Å². The van der Waals surface area contributed by atoms with E-state index in [0.717, 1.165) is 11.3 Å². The zero-order valence-corrected chi connectivity index (χ0v) is 12.8. The van der Waals surface area contributed by atoms with Gasteiger partial charge in [-0.3, -0.25) is 5.10 Å². The molecule has 1 heterocycles. The minimum Gasteiger partial charge on any atom is -0.387 e. The fourth-order valence-corrected chi connectivity index (χ4v) is 2.78. The van der Waals surface area contributed by atoms with Gasteiger partial charge in [-0.15, -0.1) is 0 Å². The molecule has 20 heavy (non-hydrogen) atoms. The van der Waals surface area contributed by atoms with Crippen LogP contribution in [0.25, 0.3) is 0 Å². The molecule has 0 radical (unpaired) electrons. The van der Waals surface area contributed by atoms with Gasteiger partial charge in [0, 0.05) is 39.5 Å². The van der Waals surface area contributed by atoms with Gasteiger partial charge in [0.1, 0.15) is 0 Å². The molecular formula is C14H17Cl2N3O. The van der Waals surface area contributed by atoms with Crippen LogP contribution in [0, 0.1) is 6.92 Å². The number of nitrogens with one attached hydrogen (secondary N) is 2. The highest BCUT2D eigenvalue weighted by Crippen LogP contribution is 2.30. The molecule has 2 rings (SSSR count). The number of aliphatic hydroxyl groups is 1. The van der Waals surface area contributed by atoms with Crippen molar-refractivity contribution in [1.82, 2.24) is 15.5 Å². The quantitative estimate of drug-likeness (QED) is 0.792. The number of aryl methyl sites for hydroxylation is 1. The Balaban J connectivity index is 2.02. The number of hydrogen-bond donors (Lipinski definition) is 3. The van der Waals surface area contributed by atoms with Crippen LogP contribution in [-0.2, 0) is 0 Å². The van der Waals surface area contributed by atoms with Crippen molar-refractivity contribution in [3.63, 3.8) is 0 Å². The molecule has 0 amide bonds. The zero-order valence-electron chi connectivity index (χ0n) is 11.3. The smallest absolute Gasteiger partial charge is 0.0943 e. The molecule has 1 aromatic carbocycles. The van der Waals surface area contributed by atoms with Gasteiger partial charge in [0.2, 0.25) is 0 Å². The van der Waals surface area contributed by atoms with Crippen molar-refractivity contribution >= 4 is 23.2 Å². The normalized spacial score (nSPS) is 14.2. The van der Waals surface area contributed by atoms with Crippen molar-refractivity contribution in [1.29, 1.82) is 0 Å². The predicted octanol–water partition coefficient (Wildman–Crippen LogP) is 3.41. The molecule has 0 fully saturated rings. The summed E-state index contributed by atoms with van der Waals surface area (Å²) in [4.78, 5) is 0. The van der Waals surface area contributed by atoms with Crippen molar-refractivity contribution in [3.05, 3.63) is 51.3 Å². The summed E-state index contributed by atoms with van der Waals surface area (Å²) in [5.74, 6) is 0. The van der Waals surface area contributed by atoms with Crippen LogP contribution in [0.5, 0.6) is 0 Å². The second-order valence-electron chi connectivity index (χ2n) is 4.73. The molecule has 0 aliphatic carbocycles. The topological polar surface area (TPSA) is 60.9 Å². The second-order valence-corrected chi connectivity index (χ2v) is 5.55. The maximum absolute atomic E-state index is 10.2. The summed E-state index contributed by atoms with van der Waals surface area (Å²) in [7, 11) is 0. The number of benzene rings is 1. The lowest BCUT2D eigenvalue weighted by atomic mass is 10.1. The molecule has 2 atom stereocenters. The average Bonchev–Trinajstić information content (AvgIpc) is 2.82. The van der Waals surface area contributed by atoms with E-state index in [-0.39, 0.29) is 6.04 Å². The van der Waals surface area contributed by atoms with Gasteiger partial charge in [-0.25, -0.2) is 0 Å². The van der Waals surface area contributed by atoms with Crippen LogP contribution >= 0.6 is 23.2 Å². The Kier molecular flexibility index (Phi) is 5.05. The third kappa shape index (κ3) is 3.33. The van der Waals surface area contributed by atoms with Crippen LogP contribution in [0.4, 0.5) is 0 Å². The largest absolute Gasteiger partial charge is 0.387 e. The highest BCUT2D eigenvalue weighted by atomic mass is 35.5. The van der Waals surface area contributed by atoms with E-state index in [0.29, 0.717) is 22.2 Å². The summed E-state index contributed by atoms with van der Waals surface area (Å²) in [6.45, 7) is 4.33. The van der Waals surface area contributed by atoms with Crippen LogP contribution in [-0.4, -0.2) is 21.8 Å². The first-order valence-electron chi connectivity index (χ1n) is 6.36. The molecule has 0 saturated heterocycles. The van der Waals surface area contributed by atoms with Crippen LogP contribution in [0.1, 0.15) is 35.9 Å². The Morgan fingerprint density at radius 1 is 1.35 bits per heavy atom. The number of aliphatic hydroxyl groups excluding tert-OH is 1. The number of hydrogen-bond acceptors (Lipinski definition) is 3. The molecule has 0 saturated carbocycles. The number of H-pyrrole nitrogens is 1. The van der Waals surface area contributed by atoms with E-state index < -0.39 is 6.10 Å². The van der Waals surface area contributed by atoms with Crippen molar-refractivity contribution < 1.29 is 5.11 Å². The Labute approximate surface area is 128 Å². The van der Waals surface area contributed by atoms with Gasteiger partial charge in [-0.2, -0.15) is 5.10 Å². The first-order valence-corrected chi connectivity index (χ1v) is 7.11. The summed E-state index contributed by atoms with van der Waals surface area (Å²) >= 11 is 12.2. The van der Waals surface area contributed by atoms with Crippen LogP contribution in [0.3, 0.4) is 0 Å². The highest BCUT2D eigenvalue weighted by Gasteiger charge is 2.17. The van der Waals surface area contributed by atoms with E-state index in [1.807, 2.05) is 13.8 Å². The van der Waals surface area contributed by atoms with Gasteiger partial charge in [0.05, 0.1) is 12.3 Å². The Morgan fingerprint density at radius 2 is 2.00 bits per heavy atom. The lowest BCUT2D eigenvalue weighted by Crippen LogP contribution is -2.25. The van der Waals surface area contributed by atoms with Crippen LogP contribution in [0.2, 0.25) is 10.0 Å². The first-order chi connectivity index (χ1) is 9.50. The fraction of sp³-hybridized carbons (Fsp3) is 0.357. The number of aromatic amines is 1. The summed E-state index contributed by atoms with van der Waals surface area (Å²) in [5, 5.41) is 21.3. The minimum absolute atomic E-state index is 0.0738. The number of aromatic nitrogens is 2. The Bertz CT molecular complexity index is 565. The fourth-order valence-electron chi connectivity index (χ4n) is 2.13. The van der Waals surface area contributed by atoms with Gasteiger partial charge in [0.25, 0.3) is 0 Å². The van der Waals surface area contributed by atoms with Gasteiger partial charge in [-0.05, 0) is 26.0 Å². The summed E-state index contributed by atoms with van der Waals surface area (Å²) in [6, 6.07) is 5.27. The zero-order chi connectivity index (χ0) is 14.7. The third-order valence-electron chi connectivity index (χ3n) is 3.29. The van der Waals surface area contributed by atoms with E-state index in [4.69, 9.17) is 23.2 Å². The summed E-state index contributed by atoms with van der Waals surface area (Å²) in [5.41, 5.74) is 2.64. The highest BCUT2D eigenvalue weighted by molar-refractivity contribution is 6.36. The lowest BCUT2D eigenvalue weighted by Gasteiger charge is -2.18.